The normalized spacial score (nSPS) is 14.6. The van der Waals surface area contributed by atoms with Crippen molar-refractivity contribution in [2.24, 2.45) is 0 Å². The van der Waals surface area contributed by atoms with Crippen LogP contribution in [0.15, 0.2) is 0 Å². The van der Waals surface area contributed by atoms with Gasteiger partial charge in [0, 0.05) is 10.6 Å². The number of thiol groups is 1. The fraction of sp³-hybridized carbons (Fsp3) is 0. The molecular formula is H4O8S4. The van der Waals surface area contributed by atoms with Crippen molar-refractivity contribution in [3.05, 3.63) is 0 Å². The topological polar surface area (TPSA) is 146 Å². The van der Waals surface area contributed by atoms with Gasteiger partial charge in [-0.1, -0.05) is 0 Å². The van der Waals surface area contributed by atoms with Crippen LogP contribution in [0.25, 0.3) is 0 Å². The van der Waals surface area contributed by atoms with Gasteiger partial charge in [0.25, 0.3) is 6.56 Å². The molecule has 0 aliphatic rings. The average molecular weight is 260 g/mol. The van der Waals surface area contributed by atoms with Crippen LogP contribution in [0.3, 0.4) is 0 Å². The molecule has 0 aromatic carbocycles. The first-order valence-electron chi connectivity index (χ1n) is 1.91. The Morgan fingerprint density at radius 3 is 1.08 bits per heavy atom. The van der Waals surface area contributed by atoms with Crippen molar-refractivity contribution in [2.75, 3.05) is 0 Å². The van der Waals surface area contributed by atoms with Crippen LogP contribution in [0.4, 0.5) is 0 Å². The SMILES string of the molecule is O=S(=O)(O)S(=O)(=[SH]O)S(=O)(=O)O. The maximum atomic E-state index is 10.7. The van der Waals surface area contributed by atoms with Gasteiger partial charge in [-0.15, -0.1) is 0 Å². The van der Waals surface area contributed by atoms with Gasteiger partial charge in [0.05, 0.1) is 0 Å². The summed E-state index contributed by atoms with van der Waals surface area (Å²) in [6.45, 7) is -5.18. The average Bonchev–Trinajstić information content (AvgIpc) is 1.81. The zero-order chi connectivity index (χ0) is 10.2. The van der Waals surface area contributed by atoms with Crippen molar-refractivity contribution in [1.29, 1.82) is 0 Å². The second-order valence-electron chi connectivity index (χ2n) is 1.36. The van der Waals surface area contributed by atoms with Gasteiger partial charge in [-0.2, -0.15) is 16.8 Å². The standard InChI is InChI=1S/H4O8S4/c1-9-12(8,10(2,3)4)11(5,6)7/h1,9H,(H,2,3,4)(H,5,6,7). The van der Waals surface area contributed by atoms with Crippen LogP contribution in [0, 0.1) is 0 Å². The molecule has 0 unspecified atom stereocenters. The molecule has 0 aliphatic heterocycles. The van der Waals surface area contributed by atoms with Crippen LogP contribution in [0.1, 0.15) is 0 Å². The first-order valence-corrected chi connectivity index (χ1v) is 8.84. The molecule has 12 heavy (non-hydrogen) atoms. The first kappa shape index (κ1) is 12.3. The zero-order valence-corrected chi connectivity index (χ0v) is 8.40. The van der Waals surface area contributed by atoms with Crippen molar-refractivity contribution in [2.45, 2.75) is 0 Å². The van der Waals surface area contributed by atoms with E-state index in [0.717, 1.165) is 0 Å². The molecule has 0 radical (unpaired) electrons. The molecule has 0 bridgehead atoms. The second-order valence-corrected chi connectivity index (χ2v) is 13.6. The van der Waals surface area contributed by atoms with Gasteiger partial charge >= 0.3 is 18.3 Å². The fourth-order valence-corrected chi connectivity index (χ4v) is 5.21. The van der Waals surface area contributed by atoms with Crippen molar-refractivity contribution in [3.8, 4) is 0 Å². The highest BCUT2D eigenvalue weighted by Gasteiger charge is 2.36. The van der Waals surface area contributed by atoms with Crippen LogP contribution in [-0.2, 0) is 35.5 Å². The molecule has 0 atom stereocenters. The third kappa shape index (κ3) is 1.95. The summed E-state index contributed by atoms with van der Waals surface area (Å²) in [5, 5.41) is 0. The van der Waals surface area contributed by atoms with E-state index < -0.39 is 35.5 Å². The highest BCUT2D eigenvalue weighted by atomic mass is 33.7. The zero-order valence-electron chi connectivity index (χ0n) is 5.05. The van der Waals surface area contributed by atoms with E-state index in [1.165, 1.54) is 0 Å². The van der Waals surface area contributed by atoms with E-state index in [1.54, 1.807) is 0 Å². The molecule has 12 heteroatoms. The van der Waals surface area contributed by atoms with E-state index in [2.05, 4.69) is 0 Å². The van der Waals surface area contributed by atoms with Crippen molar-refractivity contribution >= 4 is 35.5 Å². The lowest BCUT2D eigenvalue weighted by atomic mass is 15.9. The Balaban J connectivity index is 6.22. The summed E-state index contributed by atoms with van der Waals surface area (Å²) in [7, 11) is -12.7. The Morgan fingerprint density at radius 2 is 1.08 bits per heavy atom. The minimum Gasteiger partial charge on any atom is -0.331 e. The summed E-state index contributed by atoms with van der Waals surface area (Å²) in [5.41, 5.74) is 0. The van der Waals surface area contributed by atoms with Gasteiger partial charge in [0.1, 0.15) is 0 Å². The molecule has 76 valence electrons. The molecular weight excluding hydrogens is 256 g/mol. The van der Waals surface area contributed by atoms with Crippen molar-refractivity contribution in [1.82, 2.24) is 0 Å². The van der Waals surface area contributed by atoms with E-state index in [-0.39, 0.29) is 0 Å². The molecule has 0 rings (SSSR count). The van der Waals surface area contributed by atoms with Gasteiger partial charge in [0.2, 0.25) is 0 Å². The van der Waals surface area contributed by atoms with Gasteiger partial charge in [-0.25, -0.2) is 4.21 Å². The number of hydrogen-bond donors (Lipinski definition) is 4. The molecule has 0 saturated heterocycles. The highest BCUT2D eigenvalue weighted by molar-refractivity contribution is 9.09. The molecule has 0 saturated carbocycles. The second kappa shape index (κ2) is 3.21. The maximum absolute atomic E-state index is 10.7. The number of rotatable bonds is 2. The molecule has 0 aliphatic carbocycles. The third-order valence-corrected chi connectivity index (χ3v) is 13.4. The smallest absolute Gasteiger partial charge is 0.331 e. The molecule has 3 N–H and O–H groups in total. The Kier molecular flexibility index (Phi) is 3.28. The fourth-order valence-electron chi connectivity index (χ4n) is 0.193. The van der Waals surface area contributed by atoms with Crippen LogP contribution in [-0.4, -0.2) is 34.7 Å². The van der Waals surface area contributed by atoms with Crippen LogP contribution >= 0.6 is 0 Å². The largest absolute Gasteiger partial charge is 0.362 e. The minimum atomic E-state index is -5.54. The van der Waals surface area contributed by atoms with Crippen molar-refractivity contribution < 1.29 is 34.7 Å². The van der Waals surface area contributed by atoms with Gasteiger partial charge in [-0.3, -0.25) is 9.11 Å². The summed E-state index contributed by atoms with van der Waals surface area (Å²) < 4.78 is 75.3. The maximum Gasteiger partial charge on any atom is 0.362 e. The summed E-state index contributed by atoms with van der Waals surface area (Å²) in [5.74, 6) is 0. The predicted molar refractivity (Wildman–Crippen MR) is 42.6 cm³/mol. The van der Waals surface area contributed by atoms with E-state index >= 15 is 0 Å². The molecule has 0 aromatic rings. The first-order chi connectivity index (χ1) is 5.06. The summed E-state index contributed by atoms with van der Waals surface area (Å²) >= 11 is 0. The van der Waals surface area contributed by atoms with Crippen LogP contribution in [0.2, 0.25) is 0 Å². The lowest BCUT2D eigenvalue weighted by Crippen LogP contribution is -2.23. The quantitative estimate of drug-likeness (QED) is 0.255. The Hall–Kier alpha value is 0.280. The van der Waals surface area contributed by atoms with E-state index in [1.807, 2.05) is 0 Å². The molecule has 0 heterocycles. The molecule has 0 aromatic heterocycles. The Bertz CT molecular complexity index is 425. The van der Waals surface area contributed by atoms with Gasteiger partial charge < -0.3 is 4.55 Å². The van der Waals surface area contributed by atoms with E-state index in [0.29, 0.717) is 0 Å². The summed E-state index contributed by atoms with van der Waals surface area (Å²) in [4.78, 5) is 0. The highest BCUT2D eigenvalue weighted by Crippen LogP contribution is 2.10. The monoisotopic (exact) mass is 260 g/mol. The van der Waals surface area contributed by atoms with Crippen molar-refractivity contribution in [3.63, 3.8) is 0 Å². The molecule has 0 amide bonds. The van der Waals surface area contributed by atoms with E-state index in [4.69, 9.17) is 13.7 Å². The predicted octanol–water partition coefficient (Wildman–Crippen LogP) is -1.92. The number of hydrogen-bond acceptors (Lipinski definition) is 5. The lowest BCUT2D eigenvalue weighted by molar-refractivity contribution is 0.494. The van der Waals surface area contributed by atoms with Gasteiger partial charge in [-0.05, 0) is 0 Å². The summed E-state index contributed by atoms with van der Waals surface area (Å²) in [6.07, 6.45) is 0. The van der Waals surface area contributed by atoms with Crippen LogP contribution < -0.4 is 0 Å². The van der Waals surface area contributed by atoms with Crippen LogP contribution in [0.5, 0.6) is 0 Å². The lowest BCUT2D eigenvalue weighted by Gasteiger charge is -2.00. The molecule has 8 nitrogen and oxygen atoms in total. The minimum absolute atomic E-state index is 1.65. The van der Waals surface area contributed by atoms with E-state index in [9.17, 15) is 21.0 Å². The van der Waals surface area contributed by atoms with Gasteiger partial charge in [0.15, 0.2) is 0 Å². The molecule has 0 fully saturated rings. The Labute approximate surface area is 70.4 Å². The summed E-state index contributed by atoms with van der Waals surface area (Å²) in [6, 6.07) is 0. The molecule has 0 spiro atoms. The third-order valence-electron chi connectivity index (χ3n) is 0.632. The Morgan fingerprint density at radius 1 is 0.833 bits per heavy atom.